The molecule has 6 nitrogen and oxygen atoms in total. The number of hydrogen-bond acceptors (Lipinski definition) is 3. The zero-order chi connectivity index (χ0) is 14.8. The smallest absolute Gasteiger partial charge is 0.309 e. The average Bonchev–Trinajstić information content (AvgIpc) is 2.82. The Labute approximate surface area is 116 Å². The quantitative estimate of drug-likeness (QED) is 0.867. The number of carbonyl (C=O) groups excluding carboxylic acids is 1. The molecule has 106 valence electrons. The zero-order valence-electron chi connectivity index (χ0n) is 11.5. The van der Waals surface area contributed by atoms with Crippen LogP contribution in [0.1, 0.15) is 30.8 Å². The highest BCUT2D eigenvalue weighted by molar-refractivity contribution is 5.92. The number of carbonyl (C=O) groups is 2. The number of fused-ring (bicyclic) bond motifs is 1. The first-order chi connectivity index (χ1) is 9.40. The molecule has 2 aromatic rings. The molecule has 2 heterocycles. The minimum absolute atomic E-state index is 0.296. The van der Waals surface area contributed by atoms with E-state index in [4.69, 9.17) is 5.11 Å². The van der Waals surface area contributed by atoms with E-state index in [-0.39, 0.29) is 5.91 Å². The van der Waals surface area contributed by atoms with Gasteiger partial charge in [0.25, 0.3) is 5.91 Å². The molecule has 0 bridgehead atoms. The second-order valence-electron chi connectivity index (χ2n) is 5.29. The van der Waals surface area contributed by atoms with E-state index in [1.807, 2.05) is 24.4 Å². The van der Waals surface area contributed by atoms with E-state index in [1.54, 1.807) is 24.4 Å². The molecule has 0 fully saturated rings. The Morgan fingerprint density at radius 3 is 2.80 bits per heavy atom. The third kappa shape index (κ3) is 2.96. The lowest BCUT2D eigenvalue weighted by molar-refractivity contribution is -0.147. The second-order valence-corrected chi connectivity index (χ2v) is 5.29. The van der Waals surface area contributed by atoms with Gasteiger partial charge in [0, 0.05) is 18.9 Å². The largest absolute Gasteiger partial charge is 0.481 e. The van der Waals surface area contributed by atoms with Gasteiger partial charge in [-0.2, -0.15) is 0 Å². The summed E-state index contributed by atoms with van der Waals surface area (Å²) < 4.78 is 1.76. The summed E-state index contributed by atoms with van der Waals surface area (Å²) in [6, 6.07) is 5.51. The molecular formula is C14H17N3O3. The number of imidazole rings is 1. The summed E-state index contributed by atoms with van der Waals surface area (Å²) in [6.45, 7) is 3.56. The molecular weight excluding hydrogens is 258 g/mol. The summed E-state index contributed by atoms with van der Waals surface area (Å²) in [7, 11) is 0. The van der Waals surface area contributed by atoms with Crippen molar-refractivity contribution >= 4 is 17.5 Å². The molecule has 2 aromatic heterocycles. The number of carboxylic acid groups (broad SMARTS) is 1. The van der Waals surface area contributed by atoms with Crippen molar-refractivity contribution in [2.45, 2.75) is 20.3 Å². The molecule has 0 radical (unpaired) electrons. The Hall–Kier alpha value is -2.37. The number of aliphatic carboxylic acids is 1. The van der Waals surface area contributed by atoms with Gasteiger partial charge in [-0.05, 0) is 32.4 Å². The van der Waals surface area contributed by atoms with Crippen LogP contribution in [0.4, 0.5) is 0 Å². The van der Waals surface area contributed by atoms with Crippen LogP contribution in [0.3, 0.4) is 0 Å². The molecule has 0 spiro atoms. The van der Waals surface area contributed by atoms with Crippen molar-refractivity contribution in [3.05, 3.63) is 36.3 Å². The lowest BCUT2D eigenvalue weighted by Crippen LogP contribution is -2.32. The monoisotopic (exact) mass is 275 g/mol. The van der Waals surface area contributed by atoms with Gasteiger partial charge in [-0.15, -0.1) is 0 Å². The first kappa shape index (κ1) is 14.0. The fourth-order valence-electron chi connectivity index (χ4n) is 1.73. The molecule has 0 aliphatic heterocycles. The fourth-order valence-corrected chi connectivity index (χ4v) is 1.73. The van der Waals surface area contributed by atoms with Gasteiger partial charge in [-0.25, -0.2) is 4.98 Å². The van der Waals surface area contributed by atoms with Gasteiger partial charge in [0.15, 0.2) is 0 Å². The lowest BCUT2D eigenvalue weighted by atomic mass is 9.90. The molecule has 20 heavy (non-hydrogen) atoms. The van der Waals surface area contributed by atoms with Crippen LogP contribution in [-0.2, 0) is 4.79 Å². The van der Waals surface area contributed by atoms with Crippen LogP contribution < -0.4 is 5.32 Å². The van der Waals surface area contributed by atoms with Crippen molar-refractivity contribution in [2.24, 2.45) is 5.41 Å². The van der Waals surface area contributed by atoms with Crippen LogP contribution >= 0.6 is 0 Å². The number of amides is 1. The Balaban J connectivity index is 1.97. The van der Waals surface area contributed by atoms with E-state index in [0.717, 1.165) is 0 Å². The summed E-state index contributed by atoms with van der Waals surface area (Å²) in [4.78, 5) is 27.1. The van der Waals surface area contributed by atoms with E-state index in [1.165, 1.54) is 0 Å². The predicted molar refractivity (Wildman–Crippen MR) is 73.6 cm³/mol. The van der Waals surface area contributed by atoms with Crippen LogP contribution in [0.25, 0.3) is 5.65 Å². The molecule has 0 aliphatic rings. The zero-order valence-corrected chi connectivity index (χ0v) is 11.5. The number of nitrogens with one attached hydrogen (secondary N) is 1. The Bertz CT molecular complexity index is 613. The van der Waals surface area contributed by atoms with Crippen molar-refractivity contribution < 1.29 is 14.7 Å². The van der Waals surface area contributed by atoms with Crippen molar-refractivity contribution in [1.29, 1.82) is 0 Å². The van der Waals surface area contributed by atoms with Crippen molar-refractivity contribution in [1.82, 2.24) is 14.7 Å². The third-order valence-electron chi connectivity index (χ3n) is 3.21. The highest BCUT2D eigenvalue weighted by Crippen LogP contribution is 2.19. The first-order valence-electron chi connectivity index (χ1n) is 6.35. The summed E-state index contributed by atoms with van der Waals surface area (Å²) in [6.07, 6.45) is 3.82. The lowest BCUT2D eigenvalue weighted by Gasteiger charge is -2.18. The normalized spacial score (nSPS) is 11.5. The number of carboxylic acids is 1. The summed E-state index contributed by atoms with van der Waals surface area (Å²) in [5, 5.41) is 11.7. The van der Waals surface area contributed by atoms with Gasteiger partial charge in [-0.1, -0.05) is 6.07 Å². The maximum Gasteiger partial charge on any atom is 0.309 e. The topological polar surface area (TPSA) is 83.7 Å². The molecule has 0 atom stereocenters. The maximum atomic E-state index is 11.9. The van der Waals surface area contributed by atoms with Gasteiger partial charge in [0.1, 0.15) is 11.3 Å². The van der Waals surface area contributed by atoms with E-state index in [9.17, 15) is 9.59 Å². The van der Waals surface area contributed by atoms with Gasteiger partial charge in [0.2, 0.25) is 0 Å². The highest BCUT2D eigenvalue weighted by Gasteiger charge is 2.26. The standard InChI is InChI=1S/C14H17N3O3/c1-14(2,13(19)20)6-7-15-12(18)10-9-17-8-4-3-5-11(17)16-10/h3-5,8-9H,6-7H2,1-2H3,(H,15,18)(H,19,20). The van der Waals surface area contributed by atoms with Crippen LogP contribution in [0.5, 0.6) is 0 Å². The van der Waals surface area contributed by atoms with Crippen LogP contribution in [0.15, 0.2) is 30.6 Å². The van der Waals surface area contributed by atoms with Crippen molar-refractivity contribution in [3.63, 3.8) is 0 Å². The minimum atomic E-state index is -0.875. The number of aromatic nitrogens is 2. The Morgan fingerprint density at radius 2 is 2.15 bits per heavy atom. The van der Waals surface area contributed by atoms with Crippen LogP contribution in [0.2, 0.25) is 0 Å². The summed E-state index contributed by atoms with van der Waals surface area (Å²) in [5.41, 5.74) is 0.166. The third-order valence-corrected chi connectivity index (χ3v) is 3.21. The molecule has 0 saturated heterocycles. The van der Waals surface area contributed by atoms with Gasteiger partial charge in [-0.3, -0.25) is 9.59 Å². The SMILES string of the molecule is CC(C)(CCNC(=O)c1cn2ccccc2n1)C(=O)O. The van der Waals surface area contributed by atoms with Gasteiger partial charge < -0.3 is 14.8 Å². The molecule has 2 N–H and O–H groups in total. The van der Waals surface area contributed by atoms with E-state index in [2.05, 4.69) is 10.3 Å². The van der Waals surface area contributed by atoms with E-state index < -0.39 is 11.4 Å². The van der Waals surface area contributed by atoms with Crippen LogP contribution in [-0.4, -0.2) is 32.9 Å². The Kier molecular flexibility index (Phi) is 3.74. The Morgan fingerprint density at radius 1 is 1.40 bits per heavy atom. The van der Waals surface area contributed by atoms with Crippen molar-refractivity contribution in [2.75, 3.05) is 6.54 Å². The minimum Gasteiger partial charge on any atom is -0.481 e. The van der Waals surface area contributed by atoms with Gasteiger partial charge >= 0.3 is 5.97 Å². The van der Waals surface area contributed by atoms with E-state index in [0.29, 0.717) is 24.3 Å². The van der Waals surface area contributed by atoms with Gasteiger partial charge in [0.05, 0.1) is 5.41 Å². The number of pyridine rings is 1. The maximum absolute atomic E-state index is 11.9. The summed E-state index contributed by atoms with van der Waals surface area (Å²) in [5.74, 6) is -1.17. The summed E-state index contributed by atoms with van der Waals surface area (Å²) >= 11 is 0. The number of rotatable bonds is 5. The first-order valence-corrected chi connectivity index (χ1v) is 6.35. The number of hydrogen-bond donors (Lipinski definition) is 2. The average molecular weight is 275 g/mol. The highest BCUT2D eigenvalue weighted by atomic mass is 16.4. The van der Waals surface area contributed by atoms with Crippen LogP contribution in [0, 0.1) is 5.41 Å². The molecule has 0 unspecified atom stereocenters. The number of nitrogens with zero attached hydrogens (tertiary/aromatic N) is 2. The van der Waals surface area contributed by atoms with Crippen molar-refractivity contribution in [3.8, 4) is 0 Å². The second kappa shape index (κ2) is 5.32. The predicted octanol–water partition coefficient (Wildman–Crippen LogP) is 1.57. The fraction of sp³-hybridized carbons (Fsp3) is 0.357. The molecule has 6 heteroatoms. The molecule has 0 aliphatic carbocycles. The van der Waals surface area contributed by atoms with E-state index >= 15 is 0 Å². The molecule has 1 amide bonds. The molecule has 0 aromatic carbocycles. The molecule has 2 rings (SSSR count). The molecule has 0 saturated carbocycles.